The second-order valence-corrected chi connectivity index (χ2v) is 4.52. The molecule has 82 valence electrons. The highest BCUT2D eigenvalue weighted by atomic mass is 79.9. The minimum atomic E-state index is -0.172. The number of nitrogens with zero attached hydrogens (tertiary/aromatic N) is 1. The lowest BCUT2D eigenvalue weighted by Crippen LogP contribution is -2.33. The molecule has 0 bridgehead atoms. The van der Waals surface area contributed by atoms with Crippen LogP contribution in [-0.2, 0) is 4.74 Å². The first-order valence-corrected chi connectivity index (χ1v) is 5.69. The van der Waals surface area contributed by atoms with Crippen LogP contribution in [0.4, 0.5) is 4.39 Å². The molecule has 2 nitrogen and oxygen atoms in total. The van der Waals surface area contributed by atoms with Crippen LogP contribution in [0, 0.1) is 5.92 Å². The van der Waals surface area contributed by atoms with Gasteiger partial charge in [0.1, 0.15) is 5.83 Å². The Bertz CT molecular complexity index is 337. The summed E-state index contributed by atoms with van der Waals surface area (Å²) in [7, 11) is 1.68. The molecule has 2 unspecified atom stereocenters. The summed E-state index contributed by atoms with van der Waals surface area (Å²) in [5.41, 5.74) is 0. The molecule has 0 radical (unpaired) electrons. The third kappa shape index (κ3) is 2.16. The summed E-state index contributed by atoms with van der Waals surface area (Å²) in [5, 5.41) is 0. The first-order chi connectivity index (χ1) is 7.22. The lowest BCUT2D eigenvalue weighted by atomic mass is 9.96. The van der Waals surface area contributed by atoms with Crippen molar-refractivity contribution >= 4 is 15.9 Å². The van der Waals surface area contributed by atoms with Crippen LogP contribution in [0.25, 0.3) is 0 Å². The maximum absolute atomic E-state index is 13.3. The number of halogens is 2. The summed E-state index contributed by atoms with van der Waals surface area (Å²) in [6.45, 7) is 1.52. The fourth-order valence-electron chi connectivity index (χ4n) is 1.90. The van der Waals surface area contributed by atoms with Crippen LogP contribution in [0.5, 0.6) is 0 Å². The van der Waals surface area contributed by atoms with Gasteiger partial charge in [0, 0.05) is 19.6 Å². The van der Waals surface area contributed by atoms with E-state index in [1.807, 2.05) is 18.4 Å². The number of allylic oxidation sites excluding steroid dienone is 2. The highest BCUT2D eigenvalue weighted by Crippen LogP contribution is 2.34. The molecule has 1 aliphatic heterocycles. The molecule has 0 fully saturated rings. The standard InChI is InChI=1S/C11H13BrFNO/c1-15-5-4-14-3-2-8-6-10(13)9(12)7-11(8)14/h2-3,6-8,11H,4-5H2,1H3. The van der Waals surface area contributed by atoms with Gasteiger partial charge in [-0.15, -0.1) is 0 Å². The van der Waals surface area contributed by atoms with E-state index >= 15 is 0 Å². The van der Waals surface area contributed by atoms with E-state index in [9.17, 15) is 4.39 Å². The Kier molecular flexibility index (Phi) is 3.26. The van der Waals surface area contributed by atoms with Gasteiger partial charge in [0.15, 0.2) is 0 Å². The minimum Gasteiger partial charge on any atom is -0.383 e. The van der Waals surface area contributed by atoms with E-state index in [1.165, 1.54) is 0 Å². The summed E-state index contributed by atoms with van der Waals surface area (Å²) in [6, 6.07) is 0.231. The van der Waals surface area contributed by atoms with Gasteiger partial charge < -0.3 is 9.64 Å². The van der Waals surface area contributed by atoms with Gasteiger partial charge in [-0.05, 0) is 34.3 Å². The number of hydrogen-bond acceptors (Lipinski definition) is 2. The second-order valence-electron chi connectivity index (χ2n) is 3.67. The summed E-state index contributed by atoms with van der Waals surface area (Å²) in [6.07, 6.45) is 7.60. The zero-order valence-corrected chi connectivity index (χ0v) is 10.1. The van der Waals surface area contributed by atoms with E-state index in [0.29, 0.717) is 11.1 Å². The molecule has 2 rings (SSSR count). The van der Waals surface area contributed by atoms with Gasteiger partial charge in [-0.3, -0.25) is 0 Å². The van der Waals surface area contributed by atoms with Crippen molar-refractivity contribution in [2.75, 3.05) is 20.3 Å². The Morgan fingerprint density at radius 3 is 3.07 bits per heavy atom. The first kappa shape index (κ1) is 10.9. The molecule has 0 spiro atoms. The van der Waals surface area contributed by atoms with Crippen LogP contribution in [0.3, 0.4) is 0 Å². The average molecular weight is 274 g/mol. The predicted octanol–water partition coefficient (Wildman–Crippen LogP) is 2.59. The number of rotatable bonds is 3. The monoisotopic (exact) mass is 273 g/mol. The normalized spacial score (nSPS) is 28.9. The van der Waals surface area contributed by atoms with E-state index in [2.05, 4.69) is 20.8 Å². The third-order valence-electron chi connectivity index (χ3n) is 2.71. The molecule has 2 aliphatic rings. The molecule has 0 amide bonds. The summed E-state index contributed by atoms with van der Waals surface area (Å²) >= 11 is 3.22. The molecule has 0 aromatic heterocycles. The molecular formula is C11H13BrFNO. The number of ether oxygens (including phenoxy) is 1. The lowest BCUT2D eigenvalue weighted by Gasteiger charge is -2.28. The molecule has 0 N–H and O–H groups in total. The van der Waals surface area contributed by atoms with Gasteiger partial charge in [0.05, 0.1) is 17.1 Å². The predicted molar refractivity (Wildman–Crippen MR) is 61.2 cm³/mol. The highest BCUT2D eigenvalue weighted by molar-refractivity contribution is 9.11. The van der Waals surface area contributed by atoms with Crippen LogP contribution in [0.1, 0.15) is 0 Å². The number of hydrogen-bond donors (Lipinski definition) is 0. The van der Waals surface area contributed by atoms with Crippen molar-refractivity contribution in [3.8, 4) is 0 Å². The fraction of sp³-hybridized carbons (Fsp3) is 0.455. The van der Waals surface area contributed by atoms with Crippen molar-refractivity contribution in [3.63, 3.8) is 0 Å². The van der Waals surface area contributed by atoms with Gasteiger partial charge >= 0.3 is 0 Å². The molecule has 15 heavy (non-hydrogen) atoms. The van der Waals surface area contributed by atoms with Gasteiger partial charge in [0.25, 0.3) is 0 Å². The Hall–Kier alpha value is -0.610. The maximum atomic E-state index is 13.3. The zero-order valence-electron chi connectivity index (χ0n) is 8.49. The van der Waals surface area contributed by atoms with Crippen molar-refractivity contribution < 1.29 is 9.13 Å². The molecule has 1 aliphatic carbocycles. The number of methoxy groups -OCH3 is 1. The van der Waals surface area contributed by atoms with Gasteiger partial charge in [0.2, 0.25) is 0 Å². The van der Waals surface area contributed by atoms with E-state index in [-0.39, 0.29) is 17.8 Å². The lowest BCUT2D eigenvalue weighted by molar-refractivity contribution is 0.160. The molecule has 0 aromatic carbocycles. The summed E-state index contributed by atoms with van der Waals surface area (Å²) in [4.78, 5) is 2.17. The second kappa shape index (κ2) is 4.49. The quantitative estimate of drug-likeness (QED) is 0.784. The first-order valence-electron chi connectivity index (χ1n) is 4.90. The highest BCUT2D eigenvalue weighted by Gasteiger charge is 2.30. The SMILES string of the molecule is COCCN1C=CC2C=C(F)C(Br)=CC21. The van der Waals surface area contributed by atoms with Crippen LogP contribution >= 0.6 is 15.9 Å². The Balaban J connectivity index is 2.08. The summed E-state index contributed by atoms with van der Waals surface area (Å²) < 4.78 is 18.8. The summed E-state index contributed by atoms with van der Waals surface area (Å²) in [5.74, 6) is -0.0161. The molecule has 1 heterocycles. The van der Waals surface area contributed by atoms with E-state index in [4.69, 9.17) is 4.74 Å². The van der Waals surface area contributed by atoms with Crippen LogP contribution in [0.15, 0.2) is 34.7 Å². The van der Waals surface area contributed by atoms with Gasteiger partial charge in [-0.1, -0.05) is 6.08 Å². The maximum Gasteiger partial charge on any atom is 0.133 e. The molecule has 2 atom stereocenters. The molecule has 0 aromatic rings. The third-order valence-corrected chi connectivity index (χ3v) is 3.36. The van der Waals surface area contributed by atoms with Crippen LogP contribution in [-0.4, -0.2) is 31.2 Å². The van der Waals surface area contributed by atoms with E-state index in [0.717, 1.165) is 6.54 Å². The topological polar surface area (TPSA) is 12.5 Å². The Morgan fingerprint density at radius 1 is 1.53 bits per heavy atom. The van der Waals surface area contributed by atoms with Crippen molar-refractivity contribution in [1.29, 1.82) is 0 Å². The minimum absolute atomic E-state index is 0.156. The van der Waals surface area contributed by atoms with E-state index in [1.54, 1.807) is 13.2 Å². The van der Waals surface area contributed by atoms with Crippen molar-refractivity contribution in [2.45, 2.75) is 6.04 Å². The largest absolute Gasteiger partial charge is 0.383 e. The van der Waals surface area contributed by atoms with Gasteiger partial charge in [-0.2, -0.15) is 0 Å². The Labute approximate surface area is 97.2 Å². The average Bonchev–Trinajstić information content (AvgIpc) is 2.59. The van der Waals surface area contributed by atoms with Crippen molar-refractivity contribution in [2.24, 2.45) is 5.92 Å². The molecule has 0 saturated heterocycles. The smallest absolute Gasteiger partial charge is 0.133 e. The van der Waals surface area contributed by atoms with Gasteiger partial charge in [-0.25, -0.2) is 4.39 Å². The van der Waals surface area contributed by atoms with Crippen molar-refractivity contribution in [1.82, 2.24) is 4.90 Å². The number of fused-ring (bicyclic) bond motifs is 1. The Morgan fingerprint density at radius 2 is 2.33 bits per heavy atom. The fourth-order valence-corrected chi connectivity index (χ4v) is 2.31. The molecular weight excluding hydrogens is 261 g/mol. The molecule has 0 saturated carbocycles. The van der Waals surface area contributed by atoms with Crippen LogP contribution in [0.2, 0.25) is 0 Å². The zero-order chi connectivity index (χ0) is 10.8. The van der Waals surface area contributed by atoms with E-state index < -0.39 is 0 Å². The van der Waals surface area contributed by atoms with Crippen LogP contribution < -0.4 is 0 Å². The van der Waals surface area contributed by atoms with Crippen molar-refractivity contribution in [3.05, 3.63) is 34.7 Å². The molecule has 4 heteroatoms.